The summed E-state index contributed by atoms with van der Waals surface area (Å²) in [4.78, 5) is 11.9. The predicted molar refractivity (Wildman–Crippen MR) is 104 cm³/mol. The molecule has 0 saturated carbocycles. The molecule has 184 valence electrons. The maximum atomic E-state index is 11.9. The van der Waals surface area contributed by atoms with Gasteiger partial charge in [0.15, 0.2) is 0 Å². The Morgan fingerprint density at radius 2 is 1.34 bits per heavy atom. The monoisotopic (exact) mass is 1320 g/mol. The van der Waals surface area contributed by atoms with E-state index in [1.165, 1.54) is 5.56 Å². The van der Waals surface area contributed by atoms with E-state index in [1.54, 1.807) is 0 Å². The third-order valence-corrected chi connectivity index (χ3v) is 4.12. The van der Waals surface area contributed by atoms with Crippen LogP contribution in [0.3, 0.4) is 0 Å². The van der Waals surface area contributed by atoms with Crippen LogP contribution in [0.5, 0.6) is 0 Å². The van der Waals surface area contributed by atoms with Crippen molar-refractivity contribution in [2.45, 2.75) is 53.9 Å². The van der Waals surface area contributed by atoms with Crippen LogP contribution in [0.4, 0.5) is 5.69 Å². The smallest absolute Gasteiger partial charge is 0.311 e. The molecule has 0 aliphatic carbocycles. The van der Waals surface area contributed by atoms with E-state index in [4.69, 9.17) is 17.6 Å². The van der Waals surface area contributed by atoms with E-state index in [2.05, 4.69) is 56.7 Å². The zero-order valence-corrected chi connectivity index (χ0v) is 29.7. The van der Waals surface area contributed by atoms with Crippen molar-refractivity contribution in [3.8, 4) is 0 Å². The molecule has 0 saturated heterocycles. The molecule has 29 heavy (non-hydrogen) atoms. The van der Waals surface area contributed by atoms with E-state index in [0.717, 1.165) is 5.69 Å². The largest absolute Gasteiger partial charge is 0.670 e. The van der Waals surface area contributed by atoms with Crippen LogP contribution in [-0.4, -0.2) is 12.6 Å². The van der Waals surface area contributed by atoms with Gasteiger partial charge < -0.3 is 22.3 Å². The van der Waals surface area contributed by atoms with Crippen LogP contribution in [0.15, 0.2) is 36.4 Å². The van der Waals surface area contributed by atoms with Gasteiger partial charge in [-0.05, 0) is 38.5 Å². The molecular formula is C20H30NO2Pt5S-. The summed E-state index contributed by atoms with van der Waals surface area (Å²) in [6, 6.07) is 8.11. The molecule has 0 heterocycles. The topological polar surface area (TPSA) is 38.3 Å². The minimum Gasteiger partial charge on any atom is -0.670 e. The Labute approximate surface area is 254 Å². The van der Waals surface area contributed by atoms with E-state index >= 15 is 0 Å². The quantitative estimate of drug-likeness (QED) is 0.248. The van der Waals surface area contributed by atoms with Gasteiger partial charge in [-0.3, -0.25) is 4.79 Å². The number of carbonyl (C=O) groups is 1. The summed E-state index contributed by atoms with van der Waals surface area (Å²) >= 11 is 4.83. The number of esters is 1. The van der Waals surface area contributed by atoms with Crippen LogP contribution >= 0.6 is 0 Å². The van der Waals surface area contributed by atoms with E-state index in [9.17, 15) is 4.79 Å². The van der Waals surface area contributed by atoms with Crippen LogP contribution in [0, 0.1) is 10.8 Å². The fraction of sp³-hybridized carbons (Fsp3) is 0.550. The molecule has 0 bridgehead atoms. The number of allylic oxidation sites excluding steroid dienone is 1. The summed E-state index contributed by atoms with van der Waals surface area (Å²) in [5.41, 5.74) is 1.31. The summed E-state index contributed by atoms with van der Waals surface area (Å²) < 4.78 is 8.18. The van der Waals surface area contributed by atoms with Crippen LogP contribution < -0.4 is 4.72 Å². The average molecular weight is 1320 g/mol. The molecule has 1 rings (SSSR count). The molecule has 0 spiro atoms. The predicted octanol–water partition coefficient (Wildman–Crippen LogP) is 5.00. The van der Waals surface area contributed by atoms with Crippen molar-refractivity contribution in [1.29, 1.82) is 0 Å². The van der Waals surface area contributed by atoms with Crippen molar-refractivity contribution in [3.63, 3.8) is 0 Å². The second-order valence-electron chi connectivity index (χ2n) is 8.55. The molecule has 0 aromatic heterocycles. The van der Waals surface area contributed by atoms with Gasteiger partial charge in [-0.15, -0.1) is 0 Å². The molecule has 0 unspecified atom stereocenters. The number of anilines is 1. The van der Waals surface area contributed by atoms with Gasteiger partial charge in [-0.1, -0.05) is 52.0 Å². The number of benzene rings is 1. The Hall–Kier alpha value is 2.02. The first-order valence-electron chi connectivity index (χ1n) is 8.24. The molecule has 1 N–H and O–H groups in total. The van der Waals surface area contributed by atoms with Gasteiger partial charge in [0.1, 0.15) is 0 Å². The Kier molecular flexibility index (Phi) is 24.9. The molecule has 9 heteroatoms. The van der Waals surface area contributed by atoms with Crippen molar-refractivity contribution in [1.82, 2.24) is 0 Å². The summed E-state index contributed by atoms with van der Waals surface area (Å²) in [5.74, 6) is -0.171. The fourth-order valence-electron chi connectivity index (χ4n) is 2.01. The van der Waals surface area contributed by atoms with Crippen molar-refractivity contribution in [3.05, 3.63) is 42.0 Å². The van der Waals surface area contributed by atoms with E-state index in [-0.39, 0.29) is 122 Å². The number of hydrogen-bond acceptors (Lipinski definition) is 4. The first kappa shape index (κ1) is 41.3. The Morgan fingerprint density at radius 1 is 0.897 bits per heavy atom. The SMILES string of the molecule is CC(C)(/C=C/C(C)(C)c1ccc(N[S-])cc1)COC(=O)C(C)(C)C.[Pt].[Pt].[Pt].[Pt].[Pt]. The third kappa shape index (κ3) is 15.5. The molecule has 0 amide bonds. The number of carbonyl (C=O) groups excluding carboxylic acids is 1. The minimum absolute atomic E-state index is 0. The number of ether oxygens (including phenoxy) is 1. The van der Waals surface area contributed by atoms with Gasteiger partial charge >= 0.3 is 5.97 Å². The van der Waals surface area contributed by atoms with Crippen LogP contribution in [-0.2, 0) is 133 Å². The normalized spacial score (nSPS) is 10.9. The summed E-state index contributed by atoms with van der Waals surface area (Å²) in [7, 11) is 0. The molecule has 0 atom stereocenters. The number of rotatable bonds is 6. The van der Waals surface area contributed by atoms with Gasteiger partial charge in [0.25, 0.3) is 0 Å². The Bertz CT molecular complexity index is 600. The molecule has 0 aliphatic heterocycles. The first-order valence-corrected chi connectivity index (χ1v) is 8.64. The van der Waals surface area contributed by atoms with Crippen LogP contribution in [0.1, 0.15) is 54.0 Å². The molecular weight excluding hydrogens is 1290 g/mol. The van der Waals surface area contributed by atoms with E-state index < -0.39 is 5.41 Å². The second-order valence-corrected chi connectivity index (χ2v) is 8.75. The van der Waals surface area contributed by atoms with Crippen molar-refractivity contribution in [2.75, 3.05) is 11.3 Å². The van der Waals surface area contributed by atoms with Gasteiger partial charge in [0.2, 0.25) is 0 Å². The minimum atomic E-state index is -0.473. The standard InChI is InChI=1S/C20H30NO2S.5Pt/c1-18(2,3)17(22)23-14-19(4,5)12-13-20(6,7)15-8-10-16(21-24)11-9-15;;;;;/h8-13,21H,14H2,1-7H3;;;;;/q-1;;;;;/b13-12+;;;;;. The van der Waals surface area contributed by atoms with Gasteiger partial charge in [0.05, 0.1) is 12.0 Å². The maximum Gasteiger partial charge on any atom is 0.311 e. The van der Waals surface area contributed by atoms with Crippen molar-refractivity contribution < 1.29 is 115 Å². The molecule has 1 aromatic carbocycles. The second kappa shape index (κ2) is 17.5. The average Bonchev–Trinajstić information content (AvgIpc) is 2.50. The zero-order chi connectivity index (χ0) is 18.6. The van der Waals surface area contributed by atoms with Crippen molar-refractivity contribution in [2.24, 2.45) is 10.8 Å². The molecule has 0 radical (unpaired) electrons. The molecule has 0 fully saturated rings. The third-order valence-electron chi connectivity index (χ3n) is 3.89. The molecule has 1 aromatic rings. The Balaban J connectivity index is -0.000000384. The van der Waals surface area contributed by atoms with Gasteiger partial charge in [-0.25, -0.2) is 0 Å². The van der Waals surface area contributed by atoms with Crippen LogP contribution in [0.25, 0.3) is 0 Å². The summed E-state index contributed by atoms with van der Waals surface area (Å²) in [5, 5.41) is 0. The summed E-state index contributed by atoms with van der Waals surface area (Å²) in [6.45, 7) is 14.4. The van der Waals surface area contributed by atoms with E-state index in [1.807, 2.05) is 32.9 Å². The van der Waals surface area contributed by atoms with Crippen LogP contribution in [0.2, 0.25) is 0 Å². The maximum absolute atomic E-state index is 11.9. The fourth-order valence-corrected chi connectivity index (χ4v) is 2.15. The Morgan fingerprint density at radius 3 is 1.72 bits per heavy atom. The van der Waals surface area contributed by atoms with Gasteiger partial charge in [0, 0.05) is 122 Å². The molecule has 0 aliphatic rings. The van der Waals surface area contributed by atoms with Crippen molar-refractivity contribution >= 4 is 24.5 Å². The number of nitrogens with one attached hydrogen (secondary N) is 1. The number of hydrogen-bond donors (Lipinski definition) is 1. The summed E-state index contributed by atoms with van der Waals surface area (Å²) in [6.07, 6.45) is 4.30. The zero-order valence-electron chi connectivity index (χ0n) is 17.5. The molecule has 3 nitrogen and oxygen atoms in total. The first-order chi connectivity index (χ1) is 10.9. The van der Waals surface area contributed by atoms with Gasteiger partial charge in [-0.2, -0.15) is 0 Å². The van der Waals surface area contributed by atoms with E-state index in [0.29, 0.717) is 6.61 Å².